The van der Waals surface area contributed by atoms with Gasteiger partial charge in [-0.2, -0.15) is 0 Å². The summed E-state index contributed by atoms with van der Waals surface area (Å²) in [5.41, 5.74) is 0.905. The molecule has 1 aliphatic heterocycles. The fraction of sp³-hybridized carbons (Fsp3) is 0.312. The van der Waals surface area contributed by atoms with Crippen molar-refractivity contribution in [2.45, 2.75) is 0 Å². The van der Waals surface area contributed by atoms with Crippen molar-refractivity contribution in [3.8, 4) is 5.75 Å². The lowest BCUT2D eigenvalue weighted by molar-refractivity contribution is 0.0530. The number of aromatic nitrogens is 1. The highest BCUT2D eigenvalue weighted by molar-refractivity contribution is 5.95. The topological polar surface area (TPSA) is 75.9 Å². The number of amides is 2. The van der Waals surface area contributed by atoms with Gasteiger partial charge in [-0.25, -0.2) is 0 Å². The van der Waals surface area contributed by atoms with Crippen LogP contribution in [0.5, 0.6) is 5.75 Å². The molecule has 3 rings (SSSR count). The van der Waals surface area contributed by atoms with Crippen molar-refractivity contribution in [1.29, 1.82) is 0 Å². The first-order valence-electron chi connectivity index (χ1n) is 7.32. The van der Waals surface area contributed by atoms with E-state index in [1.165, 1.54) is 12.3 Å². The van der Waals surface area contributed by atoms with E-state index in [1.54, 1.807) is 41.2 Å². The van der Waals surface area contributed by atoms with Crippen LogP contribution in [0.4, 0.5) is 0 Å². The summed E-state index contributed by atoms with van der Waals surface area (Å²) in [5, 5.41) is 3.65. The number of hydrogen-bond acceptors (Lipinski definition) is 5. The van der Waals surface area contributed by atoms with Crippen LogP contribution < -0.4 is 4.74 Å². The van der Waals surface area contributed by atoms with Gasteiger partial charge in [0.1, 0.15) is 12.0 Å². The summed E-state index contributed by atoms with van der Waals surface area (Å²) in [5.74, 6) is 0.501. The number of rotatable bonds is 3. The monoisotopic (exact) mass is 315 g/mol. The molecule has 0 saturated carbocycles. The molecule has 1 aromatic heterocycles. The summed E-state index contributed by atoms with van der Waals surface area (Å²) >= 11 is 0. The van der Waals surface area contributed by atoms with Crippen molar-refractivity contribution < 1.29 is 18.8 Å². The molecule has 1 aliphatic rings. The molecule has 1 saturated heterocycles. The summed E-state index contributed by atoms with van der Waals surface area (Å²) in [6.45, 7) is 1.95. The van der Waals surface area contributed by atoms with Crippen LogP contribution in [0.15, 0.2) is 41.1 Å². The fourth-order valence-corrected chi connectivity index (χ4v) is 2.51. The van der Waals surface area contributed by atoms with Gasteiger partial charge in [0, 0.05) is 37.8 Å². The van der Waals surface area contributed by atoms with E-state index in [0.717, 1.165) is 0 Å². The molecular weight excluding hydrogens is 298 g/mol. The first-order valence-corrected chi connectivity index (χ1v) is 7.32. The molecule has 120 valence electrons. The molecule has 7 nitrogen and oxygen atoms in total. The standard InChI is InChI=1S/C16H17N3O4/c1-22-13-4-2-12(3-5-13)15(20)18-7-9-19(10-8-18)16(21)14-6-11-23-17-14/h2-6,11H,7-10H2,1H3. The lowest BCUT2D eigenvalue weighted by Gasteiger charge is -2.34. The van der Waals surface area contributed by atoms with Gasteiger partial charge < -0.3 is 19.1 Å². The van der Waals surface area contributed by atoms with E-state index in [4.69, 9.17) is 9.26 Å². The quantitative estimate of drug-likeness (QED) is 0.853. The Hall–Kier alpha value is -2.83. The Balaban J connectivity index is 1.59. The van der Waals surface area contributed by atoms with Crippen LogP contribution in [0, 0.1) is 0 Å². The number of hydrogen-bond donors (Lipinski definition) is 0. The zero-order valence-corrected chi connectivity index (χ0v) is 12.8. The number of nitrogens with zero attached hydrogens (tertiary/aromatic N) is 3. The van der Waals surface area contributed by atoms with Crippen molar-refractivity contribution in [3.05, 3.63) is 47.9 Å². The Morgan fingerprint density at radius 3 is 2.13 bits per heavy atom. The smallest absolute Gasteiger partial charge is 0.276 e. The van der Waals surface area contributed by atoms with Gasteiger partial charge in [0.05, 0.1) is 7.11 Å². The number of methoxy groups -OCH3 is 1. The zero-order chi connectivity index (χ0) is 16.2. The molecule has 2 heterocycles. The highest BCUT2D eigenvalue weighted by atomic mass is 16.5. The predicted octanol–water partition coefficient (Wildman–Crippen LogP) is 1.28. The van der Waals surface area contributed by atoms with Gasteiger partial charge in [-0.3, -0.25) is 9.59 Å². The second kappa shape index (κ2) is 6.51. The van der Waals surface area contributed by atoms with Crippen LogP contribution >= 0.6 is 0 Å². The lowest BCUT2D eigenvalue weighted by atomic mass is 10.1. The maximum absolute atomic E-state index is 12.5. The molecule has 23 heavy (non-hydrogen) atoms. The Morgan fingerprint density at radius 2 is 1.61 bits per heavy atom. The highest BCUT2D eigenvalue weighted by Gasteiger charge is 2.26. The molecule has 0 unspecified atom stereocenters. The third kappa shape index (κ3) is 3.18. The van der Waals surface area contributed by atoms with Gasteiger partial charge >= 0.3 is 0 Å². The molecule has 0 bridgehead atoms. The second-order valence-electron chi connectivity index (χ2n) is 5.20. The molecule has 0 radical (unpaired) electrons. The van der Waals surface area contributed by atoms with Crippen molar-refractivity contribution >= 4 is 11.8 Å². The molecule has 0 atom stereocenters. The third-order valence-electron chi connectivity index (χ3n) is 3.85. The molecule has 2 aromatic rings. The number of carbonyl (C=O) groups excluding carboxylic acids is 2. The van der Waals surface area contributed by atoms with Crippen LogP contribution in [0.25, 0.3) is 0 Å². The van der Waals surface area contributed by atoms with E-state index in [2.05, 4.69) is 5.16 Å². The van der Waals surface area contributed by atoms with E-state index in [-0.39, 0.29) is 11.8 Å². The highest BCUT2D eigenvalue weighted by Crippen LogP contribution is 2.15. The van der Waals surface area contributed by atoms with E-state index in [9.17, 15) is 9.59 Å². The van der Waals surface area contributed by atoms with Crippen LogP contribution in [0.3, 0.4) is 0 Å². The molecule has 7 heteroatoms. The largest absolute Gasteiger partial charge is 0.497 e. The van der Waals surface area contributed by atoms with Crippen molar-refractivity contribution in [3.63, 3.8) is 0 Å². The van der Waals surface area contributed by atoms with E-state index >= 15 is 0 Å². The molecule has 0 spiro atoms. The molecular formula is C16H17N3O4. The first kappa shape index (κ1) is 15.1. The van der Waals surface area contributed by atoms with Gasteiger partial charge in [-0.1, -0.05) is 5.16 Å². The van der Waals surface area contributed by atoms with Gasteiger partial charge in [0.15, 0.2) is 5.69 Å². The number of carbonyl (C=O) groups is 2. The second-order valence-corrected chi connectivity index (χ2v) is 5.20. The van der Waals surface area contributed by atoms with E-state index in [1.807, 2.05) is 0 Å². The number of piperazine rings is 1. The lowest BCUT2D eigenvalue weighted by Crippen LogP contribution is -2.50. The molecule has 0 N–H and O–H groups in total. The fourth-order valence-electron chi connectivity index (χ4n) is 2.51. The number of ether oxygens (including phenoxy) is 1. The van der Waals surface area contributed by atoms with Gasteiger partial charge in [-0.15, -0.1) is 0 Å². The zero-order valence-electron chi connectivity index (χ0n) is 12.8. The summed E-state index contributed by atoms with van der Waals surface area (Å²) in [7, 11) is 1.59. The maximum Gasteiger partial charge on any atom is 0.276 e. The molecule has 0 aliphatic carbocycles. The molecule has 1 fully saturated rings. The van der Waals surface area contributed by atoms with Crippen LogP contribution in [0.2, 0.25) is 0 Å². The average Bonchev–Trinajstić information content (AvgIpc) is 3.15. The van der Waals surface area contributed by atoms with Crippen LogP contribution in [-0.2, 0) is 0 Å². The van der Waals surface area contributed by atoms with Gasteiger partial charge in [0.25, 0.3) is 11.8 Å². The summed E-state index contributed by atoms with van der Waals surface area (Å²) in [6, 6.07) is 8.55. The van der Waals surface area contributed by atoms with E-state index < -0.39 is 0 Å². The Labute approximate surface area is 133 Å². The Morgan fingerprint density at radius 1 is 1.00 bits per heavy atom. The van der Waals surface area contributed by atoms with Gasteiger partial charge in [0.2, 0.25) is 0 Å². The first-order chi connectivity index (χ1) is 11.2. The SMILES string of the molecule is COc1ccc(C(=O)N2CCN(C(=O)c3ccon3)CC2)cc1. The Kier molecular flexibility index (Phi) is 4.27. The summed E-state index contributed by atoms with van der Waals surface area (Å²) in [6.07, 6.45) is 1.37. The van der Waals surface area contributed by atoms with Crippen molar-refractivity contribution in [2.75, 3.05) is 33.3 Å². The number of benzene rings is 1. The van der Waals surface area contributed by atoms with Gasteiger partial charge in [-0.05, 0) is 24.3 Å². The minimum Gasteiger partial charge on any atom is -0.497 e. The van der Waals surface area contributed by atoms with Crippen LogP contribution in [0.1, 0.15) is 20.8 Å². The van der Waals surface area contributed by atoms with Crippen molar-refractivity contribution in [1.82, 2.24) is 15.0 Å². The summed E-state index contributed by atoms with van der Waals surface area (Å²) in [4.78, 5) is 28.0. The van der Waals surface area contributed by atoms with Crippen molar-refractivity contribution in [2.24, 2.45) is 0 Å². The van der Waals surface area contributed by atoms with Crippen LogP contribution in [-0.4, -0.2) is 60.1 Å². The van der Waals surface area contributed by atoms with E-state index in [0.29, 0.717) is 43.2 Å². The minimum atomic E-state index is -0.171. The molecule has 1 aromatic carbocycles. The Bertz CT molecular complexity index is 674. The average molecular weight is 315 g/mol. The maximum atomic E-state index is 12.5. The third-order valence-corrected chi connectivity index (χ3v) is 3.85. The summed E-state index contributed by atoms with van der Waals surface area (Å²) < 4.78 is 9.78. The molecule has 2 amide bonds. The minimum absolute atomic E-state index is 0.0406. The predicted molar refractivity (Wildman–Crippen MR) is 81.3 cm³/mol. The normalized spacial score (nSPS) is 14.7.